The highest BCUT2D eigenvalue weighted by molar-refractivity contribution is 5.94. The van der Waals surface area contributed by atoms with E-state index in [4.69, 9.17) is 0 Å². The summed E-state index contributed by atoms with van der Waals surface area (Å²) >= 11 is 0. The van der Waals surface area contributed by atoms with E-state index >= 15 is 0 Å². The van der Waals surface area contributed by atoms with Crippen molar-refractivity contribution in [2.75, 3.05) is 13.1 Å². The smallest absolute Gasteiger partial charge is 0.317 e. The van der Waals surface area contributed by atoms with E-state index in [1.807, 2.05) is 18.7 Å². The average Bonchev–Trinajstić information content (AvgIpc) is 2.82. The fourth-order valence-electron chi connectivity index (χ4n) is 3.11. The molecule has 0 unspecified atom stereocenters. The van der Waals surface area contributed by atoms with Crippen molar-refractivity contribution in [1.82, 2.24) is 15.2 Å². The van der Waals surface area contributed by atoms with Crippen LogP contribution in [0.1, 0.15) is 31.5 Å². The van der Waals surface area contributed by atoms with Gasteiger partial charge in [0.2, 0.25) is 0 Å². The van der Waals surface area contributed by atoms with Crippen LogP contribution in [0.3, 0.4) is 0 Å². The van der Waals surface area contributed by atoms with E-state index in [0.717, 1.165) is 13.0 Å². The summed E-state index contributed by atoms with van der Waals surface area (Å²) in [6.45, 7) is 7.53. The van der Waals surface area contributed by atoms with Crippen molar-refractivity contribution < 1.29 is 4.79 Å². The zero-order chi connectivity index (χ0) is 15.7. The second kappa shape index (κ2) is 5.87. The Morgan fingerprint density at radius 1 is 1.32 bits per heavy atom. The van der Waals surface area contributed by atoms with Gasteiger partial charge in [0, 0.05) is 41.3 Å². The zero-order valence-electron chi connectivity index (χ0n) is 13.4. The number of hydrogen-bond donors (Lipinski definition) is 2. The first-order valence-electron chi connectivity index (χ1n) is 7.88. The van der Waals surface area contributed by atoms with Crippen LogP contribution in [0, 0.1) is 6.92 Å². The quantitative estimate of drug-likeness (QED) is 0.872. The largest absolute Gasteiger partial charge is 0.358 e. The van der Waals surface area contributed by atoms with Crippen molar-refractivity contribution >= 4 is 22.5 Å². The number of amides is 2. The third-order valence-corrected chi connectivity index (χ3v) is 4.12. The number of hydrogen-bond acceptors (Lipinski definition) is 1. The van der Waals surface area contributed by atoms with Crippen molar-refractivity contribution in [2.45, 2.75) is 33.2 Å². The van der Waals surface area contributed by atoms with Crippen LogP contribution >= 0.6 is 0 Å². The molecule has 4 nitrogen and oxygen atoms in total. The van der Waals surface area contributed by atoms with Crippen LogP contribution in [-0.2, 0) is 0 Å². The molecular weight excluding hydrogens is 274 g/mol. The maximum atomic E-state index is 12.1. The Hall–Kier alpha value is -2.23. The number of carbonyl (C=O) groups excluding carboxylic acids is 1. The number of aromatic nitrogens is 1. The summed E-state index contributed by atoms with van der Waals surface area (Å²) in [5.41, 5.74) is 5.02. The van der Waals surface area contributed by atoms with Gasteiger partial charge in [0.15, 0.2) is 0 Å². The van der Waals surface area contributed by atoms with Gasteiger partial charge in [-0.1, -0.05) is 24.3 Å². The monoisotopic (exact) mass is 297 g/mol. The summed E-state index contributed by atoms with van der Waals surface area (Å²) in [4.78, 5) is 17.4. The number of para-hydroxylation sites is 1. The van der Waals surface area contributed by atoms with E-state index in [1.165, 1.54) is 27.7 Å². The number of carbonyl (C=O) groups is 1. The maximum absolute atomic E-state index is 12.1. The van der Waals surface area contributed by atoms with Crippen LogP contribution in [-0.4, -0.2) is 35.0 Å². The van der Waals surface area contributed by atoms with Crippen molar-refractivity contribution in [3.8, 4) is 0 Å². The van der Waals surface area contributed by atoms with Crippen molar-refractivity contribution in [1.29, 1.82) is 0 Å². The average molecular weight is 297 g/mol. The minimum absolute atomic E-state index is 0.0287. The predicted molar refractivity (Wildman–Crippen MR) is 90.9 cm³/mol. The first-order chi connectivity index (χ1) is 10.6. The molecule has 1 aliphatic heterocycles. The van der Waals surface area contributed by atoms with Crippen LogP contribution < -0.4 is 5.32 Å². The number of rotatable bonds is 2. The molecule has 0 spiro atoms. The second-order valence-corrected chi connectivity index (χ2v) is 6.20. The number of nitrogens with zero attached hydrogens (tertiary/aromatic N) is 1. The van der Waals surface area contributed by atoms with Gasteiger partial charge in [-0.15, -0.1) is 0 Å². The second-order valence-electron chi connectivity index (χ2n) is 6.20. The number of aromatic amines is 1. The summed E-state index contributed by atoms with van der Waals surface area (Å²) in [5, 5.41) is 4.22. The summed E-state index contributed by atoms with van der Waals surface area (Å²) in [7, 11) is 0. The fourth-order valence-corrected chi connectivity index (χ4v) is 3.11. The van der Waals surface area contributed by atoms with Crippen molar-refractivity contribution in [3.05, 3.63) is 41.6 Å². The maximum Gasteiger partial charge on any atom is 0.317 e. The summed E-state index contributed by atoms with van der Waals surface area (Å²) in [6, 6.07) is 8.60. The lowest BCUT2D eigenvalue weighted by atomic mass is 9.97. The van der Waals surface area contributed by atoms with Gasteiger partial charge < -0.3 is 15.2 Å². The molecule has 1 aromatic heterocycles. The van der Waals surface area contributed by atoms with Gasteiger partial charge in [-0.2, -0.15) is 0 Å². The van der Waals surface area contributed by atoms with E-state index < -0.39 is 0 Å². The van der Waals surface area contributed by atoms with E-state index in [0.29, 0.717) is 6.54 Å². The highest BCUT2D eigenvalue weighted by Crippen LogP contribution is 2.32. The van der Waals surface area contributed by atoms with E-state index in [1.54, 1.807) is 0 Å². The first-order valence-corrected chi connectivity index (χ1v) is 7.88. The van der Waals surface area contributed by atoms with Crippen LogP contribution in [0.15, 0.2) is 30.3 Å². The van der Waals surface area contributed by atoms with Crippen LogP contribution in [0.2, 0.25) is 0 Å². The Kier molecular flexibility index (Phi) is 3.92. The van der Waals surface area contributed by atoms with E-state index in [9.17, 15) is 4.79 Å². The van der Waals surface area contributed by atoms with Gasteiger partial charge in [0.25, 0.3) is 0 Å². The lowest BCUT2D eigenvalue weighted by Gasteiger charge is -2.27. The third kappa shape index (κ3) is 2.73. The molecule has 3 rings (SSSR count). The molecular formula is C18H23N3O. The molecule has 2 aromatic rings. The van der Waals surface area contributed by atoms with Gasteiger partial charge in [-0.05, 0) is 38.8 Å². The highest BCUT2D eigenvalue weighted by atomic mass is 16.2. The zero-order valence-corrected chi connectivity index (χ0v) is 13.4. The SMILES string of the molecule is Cc1[nH]c2ccccc2c1C1=CCN(C(=O)NC(C)C)CC1. The molecule has 0 bridgehead atoms. The van der Waals surface area contributed by atoms with Gasteiger partial charge in [-0.25, -0.2) is 4.79 Å². The van der Waals surface area contributed by atoms with Gasteiger partial charge in [0.1, 0.15) is 0 Å². The normalized spacial score (nSPS) is 15.3. The van der Waals surface area contributed by atoms with Crippen LogP contribution in [0.4, 0.5) is 4.79 Å². The standard InChI is InChI=1S/C18H23N3O/c1-12(2)19-18(22)21-10-8-14(9-11-21)17-13(3)20-16-7-5-4-6-15(16)17/h4-8,12,20H,9-11H2,1-3H3,(H,19,22). The molecule has 1 aliphatic rings. The molecule has 2 heterocycles. The molecule has 0 saturated heterocycles. The Balaban J connectivity index is 1.83. The van der Waals surface area contributed by atoms with E-state index in [2.05, 4.69) is 47.6 Å². The molecule has 0 fully saturated rings. The van der Waals surface area contributed by atoms with Crippen molar-refractivity contribution in [3.63, 3.8) is 0 Å². The van der Waals surface area contributed by atoms with Crippen LogP contribution in [0.25, 0.3) is 16.5 Å². The number of H-pyrrole nitrogens is 1. The number of benzene rings is 1. The number of nitrogens with one attached hydrogen (secondary N) is 2. The van der Waals surface area contributed by atoms with Gasteiger partial charge in [0.05, 0.1) is 0 Å². The summed E-state index contributed by atoms with van der Waals surface area (Å²) < 4.78 is 0. The Morgan fingerprint density at radius 2 is 2.09 bits per heavy atom. The topological polar surface area (TPSA) is 48.1 Å². The minimum Gasteiger partial charge on any atom is -0.358 e. The molecule has 116 valence electrons. The van der Waals surface area contributed by atoms with Gasteiger partial charge in [-0.3, -0.25) is 0 Å². The van der Waals surface area contributed by atoms with E-state index in [-0.39, 0.29) is 12.1 Å². The molecule has 0 atom stereocenters. The Bertz CT molecular complexity index is 727. The lowest BCUT2D eigenvalue weighted by Crippen LogP contribution is -2.44. The Morgan fingerprint density at radius 3 is 2.77 bits per heavy atom. The number of urea groups is 1. The molecule has 4 heteroatoms. The predicted octanol–water partition coefficient (Wildman–Crippen LogP) is 3.68. The summed E-state index contributed by atoms with van der Waals surface area (Å²) in [6.07, 6.45) is 3.08. The number of fused-ring (bicyclic) bond motifs is 1. The Labute approximate surface area is 131 Å². The molecule has 1 aromatic carbocycles. The first kappa shape index (κ1) is 14.7. The number of aryl methyl sites for hydroxylation is 1. The molecule has 2 amide bonds. The summed E-state index contributed by atoms with van der Waals surface area (Å²) in [5.74, 6) is 0. The van der Waals surface area contributed by atoms with Gasteiger partial charge >= 0.3 is 6.03 Å². The molecule has 22 heavy (non-hydrogen) atoms. The molecule has 0 aliphatic carbocycles. The molecule has 0 radical (unpaired) electrons. The van der Waals surface area contributed by atoms with Crippen LogP contribution in [0.5, 0.6) is 0 Å². The third-order valence-electron chi connectivity index (χ3n) is 4.12. The minimum atomic E-state index is 0.0287. The molecule has 2 N–H and O–H groups in total. The lowest BCUT2D eigenvalue weighted by molar-refractivity contribution is 0.200. The molecule has 0 saturated carbocycles. The van der Waals surface area contributed by atoms with Crippen molar-refractivity contribution in [2.24, 2.45) is 0 Å². The fraction of sp³-hybridized carbons (Fsp3) is 0.389. The highest BCUT2D eigenvalue weighted by Gasteiger charge is 2.20.